The van der Waals surface area contributed by atoms with Gasteiger partial charge in [0.1, 0.15) is 11.9 Å². The first kappa shape index (κ1) is 23.3. The van der Waals surface area contributed by atoms with E-state index >= 15 is 0 Å². The van der Waals surface area contributed by atoms with Crippen LogP contribution in [0.5, 0.6) is 0 Å². The number of benzene rings is 2. The molecule has 2 aromatic carbocycles. The van der Waals surface area contributed by atoms with Gasteiger partial charge in [-0.05, 0) is 43.7 Å². The van der Waals surface area contributed by atoms with Crippen molar-refractivity contribution in [1.82, 2.24) is 19.4 Å². The molecule has 7 nitrogen and oxygen atoms in total. The summed E-state index contributed by atoms with van der Waals surface area (Å²) in [4.78, 5) is 38.0. The second-order valence-electron chi connectivity index (χ2n) is 9.95. The zero-order chi connectivity index (χ0) is 25.7. The van der Waals surface area contributed by atoms with Crippen molar-refractivity contribution in [3.8, 4) is 0 Å². The fourth-order valence-electron chi connectivity index (χ4n) is 6.01. The standard InChI is InChI=1S/C30H31N5O2/c1-20-27(24-12-6-7-13-25(24)32(20)3)28-22-10-4-5-11-23(22)30(37)35(28)21(2)29(36)34-18-16-33(17-19-34)26-14-8-9-15-31-26/h4-15,21,28H,16-19H2,1-3H3. The van der Waals surface area contributed by atoms with Crippen molar-refractivity contribution in [2.24, 2.45) is 7.05 Å². The average Bonchev–Trinajstić information content (AvgIpc) is 3.38. The predicted molar refractivity (Wildman–Crippen MR) is 145 cm³/mol. The number of aromatic nitrogens is 2. The Morgan fingerprint density at radius 3 is 2.41 bits per heavy atom. The van der Waals surface area contributed by atoms with Gasteiger partial charge in [-0.2, -0.15) is 0 Å². The van der Waals surface area contributed by atoms with Crippen LogP contribution in [-0.4, -0.2) is 63.4 Å². The van der Waals surface area contributed by atoms with Gasteiger partial charge >= 0.3 is 0 Å². The maximum atomic E-state index is 13.8. The number of aryl methyl sites for hydroxylation is 1. The highest BCUT2D eigenvalue weighted by Crippen LogP contribution is 2.44. The number of carbonyl (C=O) groups excluding carboxylic acids is 2. The van der Waals surface area contributed by atoms with Crippen molar-refractivity contribution in [1.29, 1.82) is 0 Å². The van der Waals surface area contributed by atoms with Crippen molar-refractivity contribution in [3.63, 3.8) is 0 Å². The Kier molecular flexibility index (Phi) is 5.71. The molecular formula is C30H31N5O2. The van der Waals surface area contributed by atoms with Crippen LogP contribution in [0.4, 0.5) is 5.82 Å². The summed E-state index contributed by atoms with van der Waals surface area (Å²) in [5.74, 6) is 0.838. The van der Waals surface area contributed by atoms with E-state index in [9.17, 15) is 9.59 Å². The molecule has 2 amide bonds. The quantitative estimate of drug-likeness (QED) is 0.428. The number of amides is 2. The van der Waals surface area contributed by atoms with Crippen LogP contribution in [0.15, 0.2) is 72.9 Å². The minimum Gasteiger partial charge on any atom is -0.353 e. The third kappa shape index (κ3) is 3.68. The summed E-state index contributed by atoms with van der Waals surface area (Å²) in [6, 6.07) is 21.1. The number of piperazine rings is 1. The van der Waals surface area contributed by atoms with Crippen LogP contribution in [0.25, 0.3) is 10.9 Å². The van der Waals surface area contributed by atoms with Gasteiger partial charge in [-0.3, -0.25) is 9.59 Å². The minimum absolute atomic E-state index is 0.00952. The molecule has 37 heavy (non-hydrogen) atoms. The number of anilines is 1. The maximum absolute atomic E-state index is 13.8. The van der Waals surface area contributed by atoms with E-state index in [0.29, 0.717) is 18.7 Å². The van der Waals surface area contributed by atoms with Crippen LogP contribution in [0, 0.1) is 6.92 Å². The third-order valence-electron chi connectivity index (χ3n) is 8.06. The van der Waals surface area contributed by atoms with Crippen LogP contribution >= 0.6 is 0 Å². The molecule has 0 bridgehead atoms. The molecule has 2 unspecified atom stereocenters. The second kappa shape index (κ2) is 9.07. The molecule has 4 heterocycles. The third-order valence-corrected chi connectivity index (χ3v) is 8.06. The fraction of sp³-hybridized carbons (Fsp3) is 0.300. The zero-order valence-corrected chi connectivity index (χ0v) is 21.5. The monoisotopic (exact) mass is 493 g/mol. The Labute approximate surface area is 216 Å². The Balaban J connectivity index is 1.33. The van der Waals surface area contributed by atoms with Crippen LogP contribution < -0.4 is 4.90 Å². The summed E-state index contributed by atoms with van der Waals surface area (Å²) in [7, 11) is 2.06. The van der Waals surface area contributed by atoms with Crippen LogP contribution in [-0.2, 0) is 11.8 Å². The summed E-state index contributed by atoms with van der Waals surface area (Å²) in [6.45, 7) is 6.62. The van der Waals surface area contributed by atoms with E-state index in [4.69, 9.17) is 0 Å². The van der Waals surface area contributed by atoms with Gasteiger partial charge in [0.2, 0.25) is 5.91 Å². The van der Waals surface area contributed by atoms with E-state index in [1.165, 1.54) is 0 Å². The number of pyridine rings is 1. The summed E-state index contributed by atoms with van der Waals surface area (Å²) in [6.07, 6.45) is 1.79. The summed E-state index contributed by atoms with van der Waals surface area (Å²) in [5, 5.41) is 1.12. The first-order chi connectivity index (χ1) is 18.0. The number of hydrogen-bond acceptors (Lipinski definition) is 4. The van der Waals surface area contributed by atoms with E-state index in [-0.39, 0.29) is 17.9 Å². The van der Waals surface area contributed by atoms with Gasteiger partial charge in [0, 0.05) is 67.1 Å². The smallest absolute Gasteiger partial charge is 0.255 e. The average molecular weight is 494 g/mol. The normalized spacial score (nSPS) is 18.4. The summed E-state index contributed by atoms with van der Waals surface area (Å²) >= 11 is 0. The van der Waals surface area contributed by atoms with E-state index in [0.717, 1.165) is 46.6 Å². The van der Waals surface area contributed by atoms with Crippen molar-refractivity contribution in [2.45, 2.75) is 25.9 Å². The van der Waals surface area contributed by atoms with Gasteiger partial charge < -0.3 is 19.3 Å². The molecule has 2 aromatic heterocycles. The highest BCUT2D eigenvalue weighted by atomic mass is 16.2. The largest absolute Gasteiger partial charge is 0.353 e. The molecule has 0 saturated carbocycles. The van der Waals surface area contributed by atoms with Crippen molar-refractivity contribution < 1.29 is 9.59 Å². The molecule has 0 aliphatic carbocycles. The molecule has 4 aromatic rings. The molecule has 1 saturated heterocycles. The summed E-state index contributed by atoms with van der Waals surface area (Å²) < 4.78 is 2.18. The van der Waals surface area contributed by atoms with Crippen LogP contribution in [0.2, 0.25) is 0 Å². The Bertz CT molecular complexity index is 1490. The van der Waals surface area contributed by atoms with Gasteiger partial charge in [-0.25, -0.2) is 4.98 Å². The molecule has 2 atom stereocenters. The maximum Gasteiger partial charge on any atom is 0.255 e. The van der Waals surface area contributed by atoms with Gasteiger partial charge in [-0.15, -0.1) is 0 Å². The zero-order valence-electron chi connectivity index (χ0n) is 21.5. The number of rotatable bonds is 4. The lowest BCUT2D eigenvalue weighted by Gasteiger charge is -2.39. The Morgan fingerprint density at radius 2 is 1.65 bits per heavy atom. The topological polar surface area (TPSA) is 61.7 Å². The molecule has 0 N–H and O–H groups in total. The van der Waals surface area contributed by atoms with E-state index in [1.807, 2.05) is 71.3 Å². The number of para-hydroxylation sites is 1. The van der Waals surface area contributed by atoms with Crippen molar-refractivity contribution in [3.05, 3.63) is 95.3 Å². The highest BCUT2D eigenvalue weighted by Gasteiger charge is 2.45. The minimum atomic E-state index is -0.593. The molecule has 188 valence electrons. The predicted octanol–water partition coefficient (Wildman–Crippen LogP) is 4.16. The molecular weight excluding hydrogens is 462 g/mol. The SMILES string of the molecule is Cc1c(C2c3ccccc3C(=O)N2C(C)C(=O)N2CCN(c3ccccn3)CC2)c2ccccc2n1C. The number of hydrogen-bond donors (Lipinski definition) is 0. The molecule has 0 radical (unpaired) electrons. The van der Waals surface area contributed by atoms with Crippen LogP contribution in [0.1, 0.15) is 40.1 Å². The van der Waals surface area contributed by atoms with Gasteiger partial charge in [0.25, 0.3) is 5.91 Å². The van der Waals surface area contributed by atoms with Gasteiger partial charge in [0.15, 0.2) is 0 Å². The van der Waals surface area contributed by atoms with Crippen LogP contribution in [0.3, 0.4) is 0 Å². The van der Waals surface area contributed by atoms with Gasteiger partial charge in [0.05, 0.1) is 6.04 Å². The second-order valence-corrected chi connectivity index (χ2v) is 9.95. The molecule has 6 rings (SSSR count). The summed E-state index contributed by atoms with van der Waals surface area (Å²) in [5.41, 5.74) is 4.96. The molecule has 7 heteroatoms. The fourth-order valence-corrected chi connectivity index (χ4v) is 6.01. The molecule has 2 aliphatic rings. The first-order valence-corrected chi connectivity index (χ1v) is 12.9. The first-order valence-electron chi connectivity index (χ1n) is 12.9. The lowest BCUT2D eigenvalue weighted by Crippen LogP contribution is -2.55. The molecule has 0 spiro atoms. The van der Waals surface area contributed by atoms with Crippen molar-refractivity contribution >= 4 is 28.5 Å². The van der Waals surface area contributed by atoms with E-state index in [2.05, 4.69) is 40.6 Å². The van der Waals surface area contributed by atoms with Gasteiger partial charge in [-0.1, -0.05) is 42.5 Å². The van der Waals surface area contributed by atoms with Crippen molar-refractivity contribution in [2.75, 3.05) is 31.1 Å². The van der Waals surface area contributed by atoms with E-state index < -0.39 is 6.04 Å². The highest BCUT2D eigenvalue weighted by molar-refractivity contribution is 6.03. The lowest BCUT2D eigenvalue weighted by atomic mass is 9.95. The molecule has 2 aliphatic heterocycles. The number of carbonyl (C=O) groups is 2. The van der Waals surface area contributed by atoms with E-state index in [1.54, 1.807) is 6.20 Å². The Hall–Kier alpha value is -4.13. The lowest BCUT2D eigenvalue weighted by molar-refractivity contribution is -0.136. The Morgan fingerprint density at radius 1 is 0.946 bits per heavy atom. The number of nitrogens with zero attached hydrogens (tertiary/aromatic N) is 5. The molecule has 1 fully saturated rings. The number of fused-ring (bicyclic) bond motifs is 2.